The molecule has 0 saturated heterocycles. The summed E-state index contributed by atoms with van der Waals surface area (Å²) in [4.78, 5) is 16.0. The number of carbonyl (C=O) groups is 1. The lowest BCUT2D eigenvalue weighted by Gasteiger charge is -2.09. The number of aromatic nitrogens is 1. The number of nitrogens with zero attached hydrogens (tertiary/aromatic N) is 2. The van der Waals surface area contributed by atoms with Gasteiger partial charge in [-0.3, -0.25) is 4.79 Å². The molecule has 0 bridgehead atoms. The highest BCUT2D eigenvalue weighted by atomic mass is 35.5. The molecule has 1 heterocycles. The average molecular weight is 306 g/mol. The summed E-state index contributed by atoms with van der Waals surface area (Å²) in [5.74, 6) is -0.443. The Bertz CT molecular complexity index is 723. The molecule has 1 N–H and O–H groups in total. The quantitative estimate of drug-likeness (QED) is 0.858. The van der Waals surface area contributed by atoms with Crippen LogP contribution in [-0.4, -0.2) is 10.9 Å². The molecule has 1 amide bonds. The molecule has 0 spiro atoms. The number of nitriles is 1. The van der Waals surface area contributed by atoms with Crippen molar-refractivity contribution >= 4 is 34.8 Å². The van der Waals surface area contributed by atoms with Crippen molar-refractivity contribution < 1.29 is 4.79 Å². The third-order valence-electron chi connectivity index (χ3n) is 2.70. The van der Waals surface area contributed by atoms with Gasteiger partial charge in [0.15, 0.2) is 0 Å². The van der Waals surface area contributed by atoms with Crippen molar-refractivity contribution in [3.63, 3.8) is 0 Å². The third-order valence-corrected chi connectivity index (χ3v) is 3.21. The molecule has 1 aromatic heterocycles. The third kappa shape index (κ3) is 2.90. The molecule has 1 aromatic carbocycles. The zero-order valence-corrected chi connectivity index (χ0v) is 12.0. The van der Waals surface area contributed by atoms with E-state index in [1.54, 1.807) is 25.1 Å². The van der Waals surface area contributed by atoms with Gasteiger partial charge in [0.05, 0.1) is 21.8 Å². The summed E-state index contributed by atoms with van der Waals surface area (Å²) in [7, 11) is 0. The number of hydrogen-bond acceptors (Lipinski definition) is 3. The van der Waals surface area contributed by atoms with E-state index in [0.717, 1.165) is 5.56 Å². The smallest absolute Gasteiger partial charge is 0.257 e. The highest BCUT2D eigenvalue weighted by molar-refractivity contribution is 6.35. The lowest BCUT2D eigenvalue weighted by molar-refractivity contribution is 0.102. The number of hydrogen-bond donors (Lipinski definition) is 1. The first-order valence-corrected chi connectivity index (χ1v) is 6.40. The first-order valence-electron chi connectivity index (χ1n) is 5.65. The highest BCUT2D eigenvalue weighted by Gasteiger charge is 2.14. The van der Waals surface area contributed by atoms with E-state index in [0.29, 0.717) is 11.3 Å². The summed E-state index contributed by atoms with van der Waals surface area (Å²) < 4.78 is 0. The molecule has 0 radical (unpaired) electrons. The van der Waals surface area contributed by atoms with Crippen LogP contribution in [0.2, 0.25) is 10.2 Å². The molecule has 20 heavy (non-hydrogen) atoms. The molecule has 0 atom stereocenters. The van der Waals surface area contributed by atoms with Gasteiger partial charge in [0, 0.05) is 6.20 Å². The first-order chi connectivity index (χ1) is 9.52. The Labute approximate surface area is 126 Å². The molecule has 0 fully saturated rings. The maximum Gasteiger partial charge on any atom is 0.257 e. The number of aryl methyl sites for hydroxylation is 1. The van der Waals surface area contributed by atoms with Gasteiger partial charge in [-0.2, -0.15) is 5.26 Å². The summed E-state index contributed by atoms with van der Waals surface area (Å²) in [5, 5.41) is 12.1. The van der Waals surface area contributed by atoms with E-state index < -0.39 is 5.91 Å². The molecule has 100 valence electrons. The Hall–Kier alpha value is -2.09. The van der Waals surface area contributed by atoms with Crippen molar-refractivity contribution in [3.8, 4) is 6.07 Å². The minimum atomic E-state index is -0.443. The fourth-order valence-electron chi connectivity index (χ4n) is 1.70. The topological polar surface area (TPSA) is 65.8 Å². The monoisotopic (exact) mass is 305 g/mol. The second kappa shape index (κ2) is 5.91. The van der Waals surface area contributed by atoms with Crippen LogP contribution in [0.15, 0.2) is 30.5 Å². The van der Waals surface area contributed by atoms with Crippen LogP contribution in [0.3, 0.4) is 0 Å². The number of pyridine rings is 1. The molecule has 2 aromatic rings. The minimum Gasteiger partial charge on any atom is -0.321 e. The zero-order chi connectivity index (χ0) is 14.7. The Balaban J connectivity index is 2.36. The van der Waals surface area contributed by atoms with Gasteiger partial charge < -0.3 is 5.32 Å². The van der Waals surface area contributed by atoms with Crippen molar-refractivity contribution in [2.45, 2.75) is 6.92 Å². The van der Waals surface area contributed by atoms with E-state index in [4.69, 9.17) is 28.5 Å². The molecule has 4 nitrogen and oxygen atoms in total. The number of anilines is 1. The van der Waals surface area contributed by atoms with Gasteiger partial charge in [0.2, 0.25) is 0 Å². The minimum absolute atomic E-state index is 0.171. The molecule has 0 saturated carbocycles. The van der Waals surface area contributed by atoms with E-state index in [1.807, 2.05) is 0 Å². The van der Waals surface area contributed by atoms with Gasteiger partial charge >= 0.3 is 0 Å². The molecule has 6 heteroatoms. The summed E-state index contributed by atoms with van der Waals surface area (Å²) in [6.07, 6.45) is 1.31. The van der Waals surface area contributed by atoms with E-state index in [1.165, 1.54) is 12.3 Å². The van der Waals surface area contributed by atoms with Crippen LogP contribution in [0.1, 0.15) is 21.5 Å². The molecule has 0 aliphatic rings. The van der Waals surface area contributed by atoms with Gasteiger partial charge in [-0.1, -0.05) is 35.3 Å². The molecule has 0 aliphatic heterocycles. The predicted molar refractivity (Wildman–Crippen MR) is 78.1 cm³/mol. The van der Waals surface area contributed by atoms with E-state index in [-0.39, 0.29) is 15.7 Å². The SMILES string of the molecule is Cc1cccc(NC(=O)c2cc(Cl)ncc2Cl)c1C#N. The van der Waals surface area contributed by atoms with Crippen molar-refractivity contribution in [2.75, 3.05) is 5.32 Å². The normalized spacial score (nSPS) is 9.90. The average Bonchev–Trinajstić information content (AvgIpc) is 2.41. The molecule has 0 aliphatic carbocycles. The van der Waals surface area contributed by atoms with Crippen LogP contribution in [0.4, 0.5) is 5.69 Å². The fourth-order valence-corrected chi connectivity index (χ4v) is 2.04. The van der Waals surface area contributed by atoms with Crippen LogP contribution in [0.25, 0.3) is 0 Å². The number of rotatable bonds is 2. The Morgan fingerprint density at radius 1 is 1.40 bits per heavy atom. The number of halogens is 2. The van der Waals surface area contributed by atoms with E-state index in [9.17, 15) is 4.79 Å². The summed E-state index contributed by atoms with van der Waals surface area (Å²) >= 11 is 11.7. The fraction of sp³-hybridized carbons (Fsp3) is 0.0714. The Morgan fingerprint density at radius 3 is 2.85 bits per heavy atom. The maximum atomic E-state index is 12.2. The second-order valence-corrected chi connectivity index (χ2v) is 4.84. The van der Waals surface area contributed by atoms with Crippen molar-refractivity contribution in [3.05, 3.63) is 57.3 Å². The van der Waals surface area contributed by atoms with Crippen molar-refractivity contribution in [1.29, 1.82) is 5.26 Å². The van der Waals surface area contributed by atoms with Gasteiger partial charge in [-0.15, -0.1) is 0 Å². The highest BCUT2D eigenvalue weighted by Crippen LogP contribution is 2.22. The maximum absolute atomic E-state index is 12.2. The number of amides is 1. The van der Waals surface area contributed by atoms with Crippen LogP contribution in [-0.2, 0) is 0 Å². The lowest BCUT2D eigenvalue weighted by atomic mass is 10.1. The number of carbonyl (C=O) groups excluding carboxylic acids is 1. The molecule has 0 unspecified atom stereocenters. The second-order valence-electron chi connectivity index (χ2n) is 4.05. The lowest BCUT2D eigenvalue weighted by Crippen LogP contribution is -2.14. The standard InChI is InChI=1S/C14H9Cl2N3O/c1-8-3-2-4-12(10(8)6-17)19-14(20)9-5-13(16)18-7-11(9)15/h2-5,7H,1H3,(H,19,20). The van der Waals surface area contributed by atoms with Gasteiger partial charge in [-0.25, -0.2) is 4.98 Å². The molecular weight excluding hydrogens is 297 g/mol. The largest absolute Gasteiger partial charge is 0.321 e. The van der Waals surface area contributed by atoms with Gasteiger partial charge in [0.1, 0.15) is 11.2 Å². The van der Waals surface area contributed by atoms with Crippen LogP contribution >= 0.6 is 23.2 Å². The van der Waals surface area contributed by atoms with Crippen molar-refractivity contribution in [2.24, 2.45) is 0 Å². The zero-order valence-electron chi connectivity index (χ0n) is 10.4. The number of benzene rings is 1. The number of nitrogens with one attached hydrogen (secondary N) is 1. The van der Waals surface area contributed by atoms with Crippen LogP contribution < -0.4 is 5.32 Å². The van der Waals surface area contributed by atoms with Crippen LogP contribution in [0, 0.1) is 18.3 Å². The Morgan fingerprint density at radius 2 is 2.15 bits per heavy atom. The summed E-state index contributed by atoms with van der Waals surface area (Å²) in [5.41, 5.74) is 1.83. The van der Waals surface area contributed by atoms with E-state index in [2.05, 4.69) is 16.4 Å². The van der Waals surface area contributed by atoms with Crippen LogP contribution in [0.5, 0.6) is 0 Å². The molecule has 2 rings (SSSR count). The first kappa shape index (κ1) is 14.3. The molecular formula is C14H9Cl2N3O. The van der Waals surface area contributed by atoms with Crippen molar-refractivity contribution in [1.82, 2.24) is 4.98 Å². The summed E-state index contributed by atoms with van der Waals surface area (Å²) in [6.45, 7) is 1.80. The summed E-state index contributed by atoms with van der Waals surface area (Å²) in [6, 6.07) is 8.64. The van der Waals surface area contributed by atoms with E-state index >= 15 is 0 Å². The van der Waals surface area contributed by atoms with Gasteiger partial charge in [-0.05, 0) is 24.6 Å². The van der Waals surface area contributed by atoms with Gasteiger partial charge in [0.25, 0.3) is 5.91 Å². The Kier molecular flexibility index (Phi) is 4.23. The predicted octanol–water partition coefficient (Wildman–Crippen LogP) is 3.82.